The molecule has 0 aromatic heterocycles. The second-order valence-electron chi connectivity index (χ2n) is 4.02. The third-order valence-corrected chi connectivity index (χ3v) is 2.62. The van der Waals surface area contributed by atoms with Gasteiger partial charge in [-0.2, -0.15) is 0 Å². The molecular weight excluding hydrogens is 244 g/mol. The molecule has 6 heteroatoms. The summed E-state index contributed by atoms with van der Waals surface area (Å²) in [5.41, 5.74) is 0.0242. The van der Waals surface area contributed by atoms with Gasteiger partial charge >= 0.3 is 0 Å². The van der Waals surface area contributed by atoms with E-state index in [1.165, 1.54) is 19.9 Å². The van der Waals surface area contributed by atoms with E-state index in [-0.39, 0.29) is 23.6 Å². The van der Waals surface area contributed by atoms with E-state index in [2.05, 4.69) is 5.32 Å². The third-order valence-electron chi connectivity index (χ3n) is 2.62. The minimum absolute atomic E-state index is 0.0654. The second kappa shape index (κ2) is 5.88. The summed E-state index contributed by atoms with van der Waals surface area (Å²) in [5.74, 6) is -2.43. The summed E-state index contributed by atoms with van der Waals surface area (Å²) >= 11 is 0. The summed E-state index contributed by atoms with van der Waals surface area (Å²) in [6.45, 7) is 2.40. The van der Waals surface area contributed by atoms with Crippen LogP contribution in [0.4, 0.5) is 8.78 Å². The van der Waals surface area contributed by atoms with E-state index in [0.717, 1.165) is 6.07 Å². The number of hydrogen-bond donors (Lipinski definition) is 3. The fourth-order valence-electron chi connectivity index (χ4n) is 1.55. The van der Waals surface area contributed by atoms with Crippen LogP contribution in [0.5, 0.6) is 0 Å². The van der Waals surface area contributed by atoms with E-state index in [4.69, 9.17) is 0 Å². The normalized spacial score (nSPS) is 14.1. The molecule has 0 bridgehead atoms. The van der Waals surface area contributed by atoms with Gasteiger partial charge in [0.1, 0.15) is 12.2 Å². The smallest absolute Gasteiger partial charge is 0.216 e. The van der Waals surface area contributed by atoms with Crippen LogP contribution in [0.2, 0.25) is 0 Å². The lowest BCUT2D eigenvalue weighted by Gasteiger charge is -2.20. The van der Waals surface area contributed by atoms with Crippen molar-refractivity contribution in [2.75, 3.05) is 6.54 Å². The number of amides is 1. The number of carbonyl (C=O) groups excluding carboxylic acids is 1. The minimum atomic E-state index is -1.40. The highest BCUT2D eigenvalue weighted by molar-refractivity contribution is 5.72. The Labute approximate surface area is 103 Å². The largest absolute Gasteiger partial charge is 0.388 e. The van der Waals surface area contributed by atoms with Gasteiger partial charge in [0.25, 0.3) is 0 Å². The first kappa shape index (κ1) is 14.5. The van der Waals surface area contributed by atoms with Crippen LogP contribution in [0.25, 0.3) is 0 Å². The Balaban J connectivity index is 2.86. The summed E-state index contributed by atoms with van der Waals surface area (Å²) in [6.07, 6.45) is -2.69. The summed E-state index contributed by atoms with van der Waals surface area (Å²) in [7, 11) is 0. The monoisotopic (exact) mass is 259 g/mol. The highest BCUT2D eigenvalue weighted by Crippen LogP contribution is 2.24. The van der Waals surface area contributed by atoms with E-state index in [1.807, 2.05) is 0 Å². The summed E-state index contributed by atoms with van der Waals surface area (Å²) in [6, 6.07) is 2.08. The van der Waals surface area contributed by atoms with Crippen molar-refractivity contribution in [3.8, 4) is 0 Å². The van der Waals surface area contributed by atoms with Crippen molar-refractivity contribution in [3.63, 3.8) is 0 Å². The fourth-order valence-corrected chi connectivity index (χ4v) is 1.55. The maximum absolute atomic E-state index is 13.3. The molecular formula is C12H15F2NO3. The SMILES string of the molecule is CC(=O)NCC(O)C(O)c1ccc(F)c(F)c1C. The first-order chi connectivity index (χ1) is 8.34. The van der Waals surface area contributed by atoms with Gasteiger partial charge in [-0.05, 0) is 24.1 Å². The van der Waals surface area contributed by atoms with E-state index < -0.39 is 23.8 Å². The van der Waals surface area contributed by atoms with E-state index >= 15 is 0 Å². The standard InChI is InChI=1S/C12H15F2NO3/c1-6-8(3-4-9(13)11(6)14)12(18)10(17)5-15-7(2)16/h3-4,10,12,17-18H,5H2,1-2H3,(H,15,16). The Morgan fingerprint density at radius 1 is 1.39 bits per heavy atom. The van der Waals surface area contributed by atoms with Crippen LogP contribution in [0, 0.1) is 18.6 Å². The van der Waals surface area contributed by atoms with Crippen molar-refractivity contribution in [2.45, 2.75) is 26.1 Å². The molecule has 0 saturated heterocycles. The molecule has 4 nitrogen and oxygen atoms in total. The molecule has 2 unspecified atom stereocenters. The Morgan fingerprint density at radius 3 is 2.56 bits per heavy atom. The zero-order valence-corrected chi connectivity index (χ0v) is 10.1. The van der Waals surface area contributed by atoms with Gasteiger partial charge in [-0.3, -0.25) is 4.79 Å². The van der Waals surface area contributed by atoms with Gasteiger partial charge in [0.15, 0.2) is 11.6 Å². The molecule has 0 aliphatic heterocycles. The van der Waals surface area contributed by atoms with Gasteiger partial charge < -0.3 is 15.5 Å². The predicted molar refractivity (Wildman–Crippen MR) is 60.7 cm³/mol. The van der Waals surface area contributed by atoms with Crippen molar-refractivity contribution in [1.29, 1.82) is 0 Å². The Kier molecular flexibility index (Phi) is 4.75. The minimum Gasteiger partial charge on any atom is -0.388 e. The molecule has 1 aromatic rings. The van der Waals surface area contributed by atoms with Gasteiger partial charge in [-0.1, -0.05) is 6.07 Å². The molecule has 0 heterocycles. The van der Waals surface area contributed by atoms with Gasteiger partial charge in [-0.15, -0.1) is 0 Å². The topological polar surface area (TPSA) is 69.6 Å². The van der Waals surface area contributed by atoms with Crippen molar-refractivity contribution in [1.82, 2.24) is 5.32 Å². The summed E-state index contributed by atoms with van der Waals surface area (Å²) in [4.78, 5) is 10.7. The van der Waals surface area contributed by atoms with Crippen molar-refractivity contribution < 1.29 is 23.8 Å². The van der Waals surface area contributed by atoms with Gasteiger partial charge in [0, 0.05) is 13.5 Å². The molecule has 0 radical (unpaired) electrons. The first-order valence-electron chi connectivity index (χ1n) is 5.39. The van der Waals surface area contributed by atoms with Crippen LogP contribution in [0.1, 0.15) is 24.2 Å². The number of aliphatic hydroxyl groups excluding tert-OH is 2. The first-order valence-corrected chi connectivity index (χ1v) is 5.39. The Morgan fingerprint density at radius 2 is 2.00 bits per heavy atom. The lowest BCUT2D eigenvalue weighted by molar-refractivity contribution is -0.119. The molecule has 0 spiro atoms. The zero-order chi connectivity index (χ0) is 13.9. The van der Waals surface area contributed by atoms with Crippen LogP contribution in [0.15, 0.2) is 12.1 Å². The van der Waals surface area contributed by atoms with Crippen molar-refractivity contribution >= 4 is 5.91 Å². The van der Waals surface area contributed by atoms with Gasteiger partial charge in [-0.25, -0.2) is 8.78 Å². The average Bonchev–Trinajstić information content (AvgIpc) is 2.32. The molecule has 3 N–H and O–H groups in total. The van der Waals surface area contributed by atoms with Gasteiger partial charge in [0.05, 0.1) is 0 Å². The fraction of sp³-hybridized carbons (Fsp3) is 0.417. The van der Waals surface area contributed by atoms with Crippen LogP contribution in [-0.4, -0.2) is 28.8 Å². The number of nitrogens with one attached hydrogen (secondary N) is 1. The van der Waals surface area contributed by atoms with Crippen LogP contribution in [-0.2, 0) is 4.79 Å². The molecule has 1 aromatic carbocycles. The molecule has 100 valence electrons. The number of halogens is 2. The van der Waals surface area contributed by atoms with E-state index in [0.29, 0.717) is 0 Å². The molecule has 0 aliphatic carbocycles. The summed E-state index contributed by atoms with van der Waals surface area (Å²) < 4.78 is 26.2. The maximum Gasteiger partial charge on any atom is 0.216 e. The molecule has 1 rings (SSSR count). The van der Waals surface area contributed by atoms with Crippen molar-refractivity contribution in [2.24, 2.45) is 0 Å². The highest BCUT2D eigenvalue weighted by atomic mass is 19.2. The van der Waals surface area contributed by atoms with E-state index in [9.17, 15) is 23.8 Å². The molecule has 2 atom stereocenters. The highest BCUT2D eigenvalue weighted by Gasteiger charge is 2.22. The Bertz CT molecular complexity index is 451. The number of carbonyl (C=O) groups is 1. The predicted octanol–water partition coefficient (Wildman–Crippen LogP) is 0.804. The van der Waals surface area contributed by atoms with Crippen LogP contribution < -0.4 is 5.32 Å². The number of rotatable bonds is 4. The molecule has 0 aliphatic rings. The molecule has 1 amide bonds. The van der Waals surface area contributed by atoms with E-state index in [1.54, 1.807) is 0 Å². The zero-order valence-electron chi connectivity index (χ0n) is 10.1. The van der Waals surface area contributed by atoms with Crippen molar-refractivity contribution in [3.05, 3.63) is 34.9 Å². The lowest BCUT2D eigenvalue weighted by Crippen LogP contribution is -2.34. The number of benzene rings is 1. The third kappa shape index (κ3) is 3.24. The van der Waals surface area contributed by atoms with Crippen LogP contribution in [0.3, 0.4) is 0 Å². The quantitative estimate of drug-likeness (QED) is 0.749. The molecule has 18 heavy (non-hydrogen) atoms. The lowest BCUT2D eigenvalue weighted by atomic mass is 9.99. The second-order valence-corrected chi connectivity index (χ2v) is 4.02. The molecule has 0 fully saturated rings. The average molecular weight is 259 g/mol. The summed E-state index contributed by atoms with van der Waals surface area (Å²) in [5, 5.41) is 21.8. The maximum atomic E-state index is 13.3. The van der Waals surface area contributed by atoms with Crippen LogP contribution >= 0.6 is 0 Å². The Hall–Kier alpha value is -1.53. The van der Waals surface area contributed by atoms with Gasteiger partial charge in [0.2, 0.25) is 5.91 Å². The molecule has 0 saturated carbocycles. The number of hydrogen-bond acceptors (Lipinski definition) is 3. The number of aliphatic hydroxyl groups is 2.